The third-order valence-electron chi connectivity index (χ3n) is 3.69. The number of ketones is 1. The SMILES string of the molecule is Cc1ccccc1C(=O)c1ccccc1Nc1cccc(O)c1. The van der Waals surface area contributed by atoms with Gasteiger partial charge in [-0.15, -0.1) is 0 Å². The van der Waals surface area contributed by atoms with Crippen LogP contribution in [0.25, 0.3) is 0 Å². The molecule has 0 radical (unpaired) electrons. The van der Waals surface area contributed by atoms with Crippen molar-refractivity contribution in [3.63, 3.8) is 0 Å². The van der Waals surface area contributed by atoms with Crippen LogP contribution in [0.2, 0.25) is 0 Å². The van der Waals surface area contributed by atoms with E-state index >= 15 is 0 Å². The second kappa shape index (κ2) is 6.36. The Morgan fingerprint density at radius 1 is 0.870 bits per heavy atom. The van der Waals surface area contributed by atoms with E-state index < -0.39 is 0 Å². The Bertz CT molecular complexity index is 856. The highest BCUT2D eigenvalue weighted by atomic mass is 16.3. The van der Waals surface area contributed by atoms with Crippen LogP contribution in [0.1, 0.15) is 21.5 Å². The fourth-order valence-corrected chi connectivity index (χ4v) is 2.50. The standard InChI is InChI=1S/C20H17NO2/c1-14-7-2-3-10-17(14)20(23)18-11-4-5-12-19(18)21-15-8-6-9-16(22)13-15/h2-13,21-22H,1H3. The third-order valence-corrected chi connectivity index (χ3v) is 3.69. The monoisotopic (exact) mass is 303 g/mol. The first-order chi connectivity index (χ1) is 11.1. The third kappa shape index (κ3) is 3.24. The molecule has 3 aromatic carbocycles. The lowest BCUT2D eigenvalue weighted by Crippen LogP contribution is -2.07. The summed E-state index contributed by atoms with van der Waals surface area (Å²) in [7, 11) is 0. The molecular formula is C20H17NO2. The Kier molecular flexibility index (Phi) is 4.11. The van der Waals surface area contributed by atoms with Crippen LogP contribution in [0.4, 0.5) is 11.4 Å². The van der Waals surface area contributed by atoms with Gasteiger partial charge in [0.05, 0.1) is 0 Å². The van der Waals surface area contributed by atoms with E-state index in [1.165, 1.54) is 0 Å². The molecule has 0 saturated heterocycles. The van der Waals surface area contributed by atoms with Crippen LogP contribution < -0.4 is 5.32 Å². The van der Waals surface area contributed by atoms with Gasteiger partial charge in [0.25, 0.3) is 0 Å². The maximum atomic E-state index is 12.9. The van der Waals surface area contributed by atoms with Crippen LogP contribution in [-0.2, 0) is 0 Å². The van der Waals surface area contributed by atoms with E-state index in [1.807, 2.05) is 55.5 Å². The molecule has 0 spiro atoms. The van der Waals surface area contributed by atoms with Gasteiger partial charge in [0.2, 0.25) is 0 Å². The van der Waals surface area contributed by atoms with Gasteiger partial charge in [0, 0.05) is 28.6 Å². The first kappa shape index (κ1) is 14.9. The molecule has 2 N–H and O–H groups in total. The number of anilines is 2. The van der Waals surface area contributed by atoms with E-state index in [9.17, 15) is 9.90 Å². The van der Waals surface area contributed by atoms with E-state index in [1.54, 1.807) is 24.3 Å². The van der Waals surface area contributed by atoms with Crippen molar-refractivity contribution in [1.29, 1.82) is 0 Å². The lowest BCUT2D eigenvalue weighted by molar-refractivity contribution is 0.103. The highest BCUT2D eigenvalue weighted by Crippen LogP contribution is 2.26. The van der Waals surface area contributed by atoms with E-state index in [0.717, 1.165) is 11.3 Å². The van der Waals surface area contributed by atoms with Gasteiger partial charge in [-0.1, -0.05) is 42.5 Å². The Balaban J connectivity index is 1.98. The van der Waals surface area contributed by atoms with E-state index in [0.29, 0.717) is 16.8 Å². The van der Waals surface area contributed by atoms with Gasteiger partial charge in [-0.05, 0) is 36.8 Å². The molecule has 0 aromatic heterocycles. The number of phenolic OH excluding ortho intramolecular Hbond substituents is 1. The quantitative estimate of drug-likeness (QED) is 0.688. The average Bonchev–Trinajstić information content (AvgIpc) is 2.55. The number of carbonyl (C=O) groups excluding carboxylic acids is 1. The minimum Gasteiger partial charge on any atom is -0.508 e. The predicted octanol–water partition coefficient (Wildman–Crippen LogP) is 4.68. The van der Waals surface area contributed by atoms with Crippen molar-refractivity contribution in [1.82, 2.24) is 0 Å². The molecular weight excluding hydrogens is 286 g/mol. The van der Waals surface area contributed by atoms with Crippen molar-refractivity contribution in [3.05, 3.63) is 89.5 Å². The molecule has 0 atom stereocenters. The summed E-state index contributed by atoms with van der Waals surface area (Å²) < 4.78 is 0. The minimum absolute atomic E-state index is 0.0219. The highest BCUT2D eigenvalue weighted by molar-refractivity contribution is 6.13. The lowest BCUT2D eigenvalue weighted by atomic mass is 9.98. The van der Waals surface area contributed by atoms with Crippen molar-refractivity contribution in [3.8, 4) is 5.75 Å². The van der Waals surface area contributed by atoms with Gasteiger partial charge in [0.15, 0.2) is 5.78 Å². The molecule has 3 heteroatoms. The number of para-hydroxylation sites is 1. The van der Waals surface area contributed by atoms with Crippen LogP contribution >= 0.6 is 0 Å². The normalized spacial score (nSPS) is 10.3. The van der Waals surface area contributed by atoms with Crippen LogP contribution in [-0.4, -0.2) is 10.9 Å². The first-order valence-corrected chi connectivity index (χ1v) is 7.40. The van der Waals surface area contributed by atoms with Gasteiger partial charge in [0.1, 0.15) is 5.75 Å². The summed E-state index contributed by atoms with van der Waals surface area (Å²) in [6.07, 6.45) is 0. The summed E-state index contributed by atoms with van der Waals surface area (Å²) in [6, 6.07) is 21.8. The largest absolute Gasteiger partial charge is 0.508 e. The zero-order chi connectivity index (χ0) is 16.2. The molecule has 0 bridgehead atoms. The Morgan fingerprint density at radius 2 is 1.57 bits per heavy atom. The molecule has 114 valence electrons. The second-order valence-corrected chi connectivity index (χ2v) is 5.36. The number of phenols is 1. The summed E-state index contributed by atoms with van der Waals surface area (Å²) in [5.74, 6) is 0.157. The van der Waals surface area contributed by atoms with E-state index in [4.69, 9.17) is 0 Å². The Hall–Kier alpha value is -3.07. The van der Waals surface area contributed by atoms with Crippen molar-refractivity contribution in [2.24, 2.45) is 0 Å². The number of hydrogen-bond acceptors (Lipinski definition) is 3. The summed E-state index contributed by atoms with van der Waals surface area (Å²) in [5.41, 5.74) is 3.69. The second-order valence-electron chi connectivity index (χ2n) is 5.36. The molecule has 0 saturated carbocycles. The van der Waals surface area contributed by atoms with Crippen LogP contribution in [0.3, 0.4) is 0 Å². The molecule has 0 aliphatic rings. The van der Waals surface area contributed by atoms with Gasteiger partial charge < -0.3 is 10.4 Å². The number of nitrogens with one attached hydrogen (secondary N) is 1. The zero-order valence-electron chi connectivity index (χ0n) is 12.8. The van der Waals surface area contributed by atoms with Crippen LogP contribution in [0.5, 0.6) is 5.75 Å². The highest BCUT2D eigenvalue weighted by Gasteiger charge is 2.15. The van der Waals surface area contributed by atoms with E-state index in [-0.39, 0.29) is 11.5 Å². The Labute approximate surface area is 135 Å². The Morgan fingerprint density at radius 3 is 2.30 bits per heavy atom. The molecule has 23 heavy (non-hydrogen) atoms. The molecule has 0 aliphatic carbocycles. The minimum atomic E-state index is -0.0219. The number of aromatic hydroxyl groups is 1. The van der Waals surface area contributed by atoms with Gasteiger partial charge in [-0.25, -0.2) is 0 Å². The molecule has 3 aromatic rings. The number of carbonyl (C=O) groups is 1. The van der Waals surface area contributed by atoms with Crippen LogP contribution in [0, 0.1) is 6.92 Å². The first-order valence-electron chi connectivity index (χ1n) is 7.40. The average molecular weight is 303 g/mol. The maximum absolute atomic E-state index is 12.9. The number of hydrogen-bond donors (Lipinski definition) is 2. The summed E-state index contributed by atoms with van der Waals surface area (Å²) in [6.45, 7) is 1.93. The fourth-order valence-electron chi connectivity index (χ4n) is 2.50. The zero-order valence-corrected chi connectivity index (χ0v) is 12.8. The van der Waals surface area contributed by atoms with Crippen LogP contribution in [0.15, 0.2) is 72.8 Å². The fraction of sp³-hybridized carbons (Fsp3) is 0.0500. The summed E-state index contributed by atoms with van der Waals surface area (Å²) in [4.78, 5) is 12.9. The molecule has 0 amide bonds. The maximum Gasteiger partial charge on any atom is 0.195 e. The number of aryl methyl sites for hydroxylation is 1. The van der Waals surface area contributed by atoms with Gasteiger partial charge >= 0.3 is 0 Å². The number of benzene rings is 3. The van der Waals surface area contributed by atoms with E-state index in [2.05, 4.69) is 5.32 Å². The lowest BCUT2D eigenvalue weighted by Gasteiger charge is -2.12. The molecule has 0 heterocycles. The smallest absolute Gasteiger partial charge is 0.195 e. The molecule has 0 unspecified atom stereocenters. The van der Waals surface area contributed by atoms with Crippen molar-refractivity contribution >= 4 is 17.2 Å². The van der Waals surface area contributed by atoms with Crippen molar-refractivity contribution in [2.75, 3.05) is 5.32 Å². The van der Waals surface area contributed by atoms with Crippen molar-refractivity contribution < 1.29 is 9.90 Å². The molecule has 0 fully saturated rings. The molecule has 3 rings (SSSR count). The van der Waals surface area contributed by atoms with Gasteiger partial charge in [-0.3, -0.25) is 4.79 Å². The number of rotatable bonds is 4. The summed E-state index contributed by atoms with van der Waals surface area (Å²) in [5, 5.41) is 12.8. The summed E-state index contributed by atoms with van der Waals surface area (Å²) >= 11 is 0. The van der Waals surface area contributed by atoms with Gasteiger partial charge in [-0.2, -0.15) is 0 Å². The topological polar surface area (TPSA) is 49.3 Å². The molecule has 0 aliphatic heterocycles. The predicted molar refractivity (Wildman–Crippen MR) is 92.4 cm³/mol. The van der Waals surface area contributed by atoms with Crippen molar-refractivity contribution in [2.45, 2.75) is 6.92 Å². The molecule has 3 nitrogen and oxygen atoms in total.